The Morgan fingerprint density at radius 2 is 1.96 bits per heavy atom. The first-order chi connectivity index (χ1) is 11.7. The van der Waals surface area contributed by atoms with Gasteiger partial charge in [0.05, 0.1) is 0 Å². The summed E-state index contributed by atoms with van der Waals surface area (Å²) in [7, 11) is 0. The number of hydrogen-bond donors (Lipinski definition) is 1. The first-order valence-electron chi connectivity index (χ1n) is 8.66. The Kier molecular flexibility index (Phi) is 4.77. The Bertz CT molecular complexity index is 652. The molecule has 1 saturated heterocycles. The molecule has 138 valence electrons. The topological polar surface area (TPSA) is 68.0 Å². The van der Waals surface area contributed by atoms with Gasteiger partial charge in [-0.25, -0.2) is 9.18 Å². The molecule has 0 aliphatic carbocycles. The lowest BCUT2D eigenvalue weighted by Gasteiger charge is -2.37. The van der Waals surface area contributed by atoms with Gasteiger partial charge in [0.25, 0.3) is 0 Å². The maximum absolute atomic E-state index is 14.4. The number of hydrogen-bond acceptors (Lipinski definition) is 5. The third-order valence-electron chi connectivity index (χ3n) is 4.36. The zero-order valence-corrected chi connectivity index (χ0v) is 15.0. The zero-order chi connectivity index (χ0) is 18.2. The van der Waals surface area contributed by atoms with Crippen LogP contribution < -0.4 is 15.4 Å². The van der Waals surface area contributed by atoms with Crippen LogP contribution in [0.1, 0.15) is 26.3 Å². The van der Waals surface area contributed by atoms with Gasteiger partial charge in [0, 0.05) is 49.5 Å². The standard InChI is InChI=1S/C18H26FN3O3/c1-18(2,3)25-17(23)22-6-4-21(5-7-22)13-9-15(19)14-8-12(20)11-24-16(14)10-13/h9-10,12H,4-8,11,20H2,1-3H3/t12-/m1/s1. The van der Waals surface area contributed by atoms with E-state index in [0.717, 1.165) is 5.69 Å². The first-order valence-corrected chi connectivity index (χ1v) is 8.66. The van der Waals surface area contributed by atoms with Crippen molar-refractivity contribution in [3.05, 3.63) is 23.5 Å². The monoisotopic (exact) mass is 351 g/mol. The molecular formula is C18H26FN3O3. The van der Waals surface area contributed by atoms with Gasteiger partial charge >= 0.3 is 6.09 Å². The highest BCUT2D eigenvalue weighted by Crippen LogP contribution is 2.32. The molecule has 6 nitrogen and oxygen atoms in total. The minimum absolute atomic E-state index is 0.162. The zero-order valence-electron chi connectivity index (χ0n) is 15.0. The summed E-state index contributed by atoms with van der Waals surface area (Å²) < 4.78 is 25.4. The number of fused-ring (bicyclic) bond motifs is 1. The molecule has 2 aliphatic heterocycles. The van der Waals surface area contributed by atoms with Crippen molar-refractivity contribution in [1.29, 1.82) is 0 Å². The summed E-state index contributed by atoms with van der Waals surface area (Å²) in [5.41, 5.74) is 6.65. The lowest BCUT2D eigenvalue weighted by atomic mass is 10.0. The van der Waals surface area contributed by atoms with Crippen LogP contribution in [0, 0.1) is 5.82 Å². The molecule has 0 spiro atoms. The van der Waals surface area contributed by atoms with Crippen molar-refractivity contribution in [2.75, 3.05) is 37.7 Å². The SMILES string of the molecule is CC(C)(C)OC(=O)N1CCN(c2cc(F)c3c(c2)OC[C@H](N)C3)CC1. The number of halogens is 1. The molecule has 1 amide bonds. The van der Waals surface area contributed by atoms with E-state index < -0.39 is 5.60 Å². The second-order valence-electron chi connectivity index (χ2n) is 7.63. The Morgan fingerprint density at radius 3 is 2.60 bits per heavy atom. The normalized spacial score (nSPS) is 20.8. The summed E-state index contributed by atoms with van der Waals surface area (Å²) in [5.74, 6) is 0.295. The molecule has 0 aromatic heterocycles. The quantitative estimate of drug-likeness (QED) is 0.840. The molecule has 0 bridgehead atoms. The molecule has 2 N–H and O–H groups in total. The van der Waals surface area contributed by atoms with Crippen LogP contribution in [-0.2, 0) is 11.2 Å². The van der Waals surface area contributed by atoms with E-state index in [2.05, 4.69) is 4.90 Å². The van der Waals surface area contributed by atoms with Crippen LogP contribution in [0.5, 0.6) is 5.75 Å². The van der Waals surface area contributed by atoms with E-state index in [1.165, 1.54) is 6.07 Å². The number of carbonyl (C=O) groups excluding carboxylic acids is 1. The van der Waals surface area contributed by atoms with Crippen molar-refractivity contribution >= 4 is 11.8 Å². The van der Waals surface area contributed by atoms with E-state index in [1.54, 1.807) is 4.90 Å². The summed E-state index contributed by atoms with van der Waals surface area (Å²) >= 11 is 0. The number of piperazine rings is 1. The average molecular weight is 351 g/mol. The second-order valence-corrected chi connectivity index (χ2v) is 7.63. The van der Waals surface area contributed by atoms with Gasteiger partial charge in [-0.2, -0.15) is 0 Å². The first kappa shape index (κ1) is 17.8. The number of nitrogens with two attached hydrogens (primary N) is 1. The summed E-state index contributed by atoms with van der Waals surface area (Å²) in [6.07, 6.45) is 0.189. The highest BCUT2D eigenvalue weighted by molar-refractivity contribution is 5.68. The van der Waals surface area contributed by atoms with Crippen LogP contribution in [0.25, 0.3) is 0 Å². The van der Waals surface area contributed by atoms with E-state index in [1.807, 2.05) is 26.8 Å². The van der Waals surface area contributed by atoms with Crippen LogP contribution in [0.15, 0.2) is 12.1 Å². The molecule has 3 rings (SSSR count). The van der Waals surface area contributed by atoms with Gasteiger partial charge < -0.3 is 25.0 Å². The van der Waals surface area contributed by atoms with E-state index >= 15 is 0 Å². The molecule has 0 unspecified atom stereocenters. The molecule has 7 heteroatoms. The van der Waals surface area contributed by atoms with Gasteiger partial charge in [-0.15, -0.1) is 0 Å². The molecule has 0 saturated carbocycles. The van der Waals surface area contributed by atoms with E-state index in [9.17, 15) is 9.18 Å². The number of ether oxygens (including phenoxy) is 2. The van der Waals surface area contributed by atoms with Crippen molar-refractivity contribution in [3.8, 4) is 5.75 Å². The molecule has 0 radical (unpaired) electrons. The molecule has 2 heterocycles. The Balaban J connectivity index is 1.65. The van der Waals surface area contributed by atoms with E-state index in [0.29, 0.717) is 50.5 Å². The van der Waals surface area contributed by atoms with Crippen LogP contribution in [0.2, 0.25) is 0 Å². The Labute approximate surface area is 147 Å². The third kappa shape index (κ3) is 4.15. The van der Waals surface area contributed by atoms with Gasteiger partial charge in [0.2, 0.25) is 0 Å². The highest BCUT2D eigenvalue weighted by Gasteiger charge is 2.27. The maximum atomic E-state index is 14.4. The van der Waals surface area contributed by atoms with Crippen LogP contribution in [0.3, 0.4) is 0 Å². The second kappa shape index (κ2) is 6.71. The number of anilines is 1. The van der Waals surface area contributed by atoms with Crippen LogP contribution in [0.4, 0.5) is 14.9 Å². The molecule has 1 fully saturated rings. The minimum Gasteiger partial charge on any atom is -0.491 e. The van der Waals surface area contributed by atoms with Gasteiger partial charge in [-0.1, -0.05) is 0 Å². The molecule has 2 aliphatic rings. The summed E-state index contributed by atoms with van der Waals surface area (Å²) in [5, 5.41) is 0. The Morgan fingerprint density at radius 1 is 1.28 bits per heavy atom. The largest absolute Gasteiger partial charge is 0.491 e. The molecule has 1 atom stereocenters. The molecule has 1 aromatic rings. The van der Waals surface area contributed by atoms with Crippen molar-refractivity contribution < 1.29 is 18.7 Å². The fourth-order valence-electron chi connectivity index (χ4n) is 3.10. The molecular weight excluding hydrogens is 325 g/mol. The Hall–Kier alpha value is -2.02. The smallest absolute Gasteiger partial charge is 0.410 e. The van der Waals surface area contributed by atoms with Crippen molar-refractivity contribution in [2.45, 2.75) is 38.8 Å². The highest BCUT2D eigenvalue weighted by atomic mass is 19.1. The molecule has 1 aromatic carbocycles. The van der Waals surface area contributed by atoms with E-state index in [-0.39, 0.29) is 18.0 Å². The van der Waals surface area contributed by atoms with Crippen molar-refractivity contribution in [1.82, 2.24) is 4.90 Å². The van der Waals surface area contributed by atoms with E-state index in [4.69, 9.17) is 15.2 Å². The fraction of sp³-hybridized carbons (Fsp3) is 0.611. The summed E-state index contributed by atoms with van der Waals surface area (Å²) in [6.45, 7) is 8.28. The number of nitrogens with zero attached hydrogens (tertiary/aromatic N) is 2. The average Bonchev–Trinajstić information content (AvgIpc) is 2.54. The van der Waals surface area contributed by atoms with Crippen molar-refractivity contribution in [2.24, 2.45) is 5.73 Å². The third-order valence-corrected chi connectivity index (χ3v) is 4.36. The molecule has 25 heavy (non-hydrogen) atoms. The van der Waals surface area contributed by atoms with Gasteiger partial charge in [-0.3, -0.25) is 0 Å². The summed E-state index contributed by atoms with van der Waals surface area (Å²) in [4.78, 5) is 15.9. The van der Waals surface area contributed by atoms with Gasteiger partial charge in [0.1, 0.15) is 23.8 Å². The lowest BCUT2D eigenvalue weighted by molar-refractivity contribution is 0.0240. The predicted octanol–water partition coefficient (Wildman–Crippen LogP) is 2.15. The summed E-state index contributed by atoms with van der Waals surface area (Å²) in [6, 6.07) is 3.24. The lowest BCUT2D eigenvalue weighted by Crippen LogP contribution is -2.50. The maximum Gasteiger partial charge on any atom is 0.410 e. The minimum atomic E-state index is -0.506. The van der Waals surface area contributed by atoms with Crippen LogP contribution >= 0.6 is 0 Å². The number of benzene rings is 1. The van der Waals surface area contributed by atoms with Crippen LogP contribution in [-0.4, -0.2) is 55.4 Å². The van der Waals surface area contributed by atoms with Gasteiger partial charge in [0.15, 0.2) is 0 Å². The number of rotatable bonds is 1. The van der Waals surface area contributed by atoms with Crippen molar-refractivity contribution in [3.63, 3.8) is 0 Å². The number of carbonyl (C=O) groups is 1. The fourth-order valence-corrected chi connectivity index (χ4v) is 3.10. The predicted molar refractivity (Wildman–Crippen MR) is 93.6 cm³/mol. The number of amides is 1. The van der Waals surface area contributed by atoms with Gasteiger partial charge in [-0.05, 0) is 33.3 Å².